The van der Waals surface area contributed by atoms with Crippen molar-refractivity contribution in [3.05, 3.63) is 64.5 Å². The van der Waals surface area contributed by atoms with Crippen LogP contribution in [-0.4, -0.2) is 10.9 Å². The Hall–Kier alpha value is -2.66. The fourth-order valence-electron chi connectivity index (χ4n) is 2.54. The van der Waals surface area contributed by atoms with E-state index < -0.39 is 5.91 Å². The third-order valence-corrected chi connectivity index (χ3v) is 4.58. The van der Waals surface area contributed by atoms with Gasteiger partial charge in [0.05, 0.1) is 5.69 Å². The highest BCUT2D eigenvalue weighted by atomic mass is 32.1. The summed E-state index contributed by atoms with van der Waals surface area (Å²) >= 11 is 1.28. The number of amides is 1. The average Bonchev–Trinajstić information content (AvgIpc) is 2.92. The normalized spacial score (nSPS) is 10.5. The number of primary amides is 1. The topological polar surface area (TPSA) is 68.0 Å². The summed E-state index contributed by atoms with van der Waals surface area (Å²) in [6.07, 6.45) is 0. The average molecular weight is 323 g/mol. The van der Waals surface area contributed by atoms with Crippen LogP contribution in [0.2, 0.25) is 0 Å². The van der Waals surface area contributed by atoms with Crippen molar-refractivity contribution in [1.82, 2.24) is 4.98 Å². The number of nitrogens with one attached hydrogen (secondary N) is 1. The van der Waals surface area contributed by atoms with Crippen molar-refractivity contribution in [1.29, 1.82) is 0 Å². The largest absolute Gasteiger partial charge is 0.365 e. The van der Waals surface area contributed by atoms with Crippen molar-refractivity contribution in [2.24, 2.45) is 5.73 Å². The zero-order chi connectivity index (χ0) is 16.4. The van der Waals surface area contributed by atoms with Gasteiger partial charge in [-0.3, -0.25) is 4.79 Å². The van der Waals surface area contributed by atoms with Crippen molar-refractivity contribution in [2.75, 3.05) is 5.32 Å². The molecule has 5 heteroatoms. The Balaban J connectivity index is 2.08. The van der Waals surface area contributed by atoms with Gasteiger partial charge in [0.25, 0.3) is 5.91 Å². The summed E-state index contributed by atoms with van der Waals surface area (Å²) in [6, 6.07) is 15.7. The summed E-state index contributed by atoms with van der Waals surface area (Å²) in [4.78, 5) is 16.9. The molecule has 3 aromatic rings. The standard InChI is InChI=1S/C18H17N3OS/c1-11-7-6-8-12(2)14(11)15-16(17(19)22)23-18(21-15)20-13-9-4-3-5-10-13/h3-10H,1-2H3,(H2,19,22)(H,20,21). The van der Waals surface area contributed by atoms with E-state index in [1.54, 1.807) is 0 Å². The quantitative estimate of drug-likeness (QED) is 0.753. The Labute approximate surface area is 139 Å². The molecule has 0 radical (unpaired) electrons. The maximum absolute atomic E-state index is 11.8. The van der Waals surface area contributed by atoms with Crippen LogP contribution in [0.15, 0.2) is 48.5 Å². The number of nitrogens with two attached hydrogens (primary N) is 1. The van der Waals surface area contributed by atoms with E-state index in [0.717, 1.165) is 22.4 Å². The predicted octanol–water partition coefficient (Wildman–Crippen LogP) is 4.27. The molecule has 0 bridgehead atoms. The van der Waals surface area contributed by atoms with Gasteiger partial charge in [-0.05, 0) is 37.1 Å². The fraction of sp³-hybridized carbons (Fsp3) is 0.111. The number of rotatable bonds is 4. The zero-order valence-electron chi connectivity index (χ0n) is 13.0. The molecule has 0 spiro atoms. The molecule has 116 valence electrons. The second-order valence-electron chi connectivity index (χ2n) is 5.32. The number of aryl methyl sites for hydroxylation is 2. The van der Waals surface area contributed by atoms with E-state index in [4.69, 9.17) is 5.73 Å². The highest BCUT2D eigenvalue weighted by Gasteiger charge is 2.20. The minimum Gasteiger partial charge on any atom is -0.365 e. The molecular formula is C18H17N3OS. The molecule has 3 rings (SSSR count). The summed E-state index contributed by atoms with van der Waals surface area (Å²) in [5.74, 6) is -0.457. The lowest BCUT2D eigenvalue weighted by atomic mass is 9.99. The molecule has 1 heterocycles. The molecule has 1 aromatic heterocycles. The summed E-state index contributed by atoms with van der Waals surface area (Å²) in [5, 5.41) is 3.88. The van der Waals surface area contributed by atoms with Gasteiger partial charge in [-0.1, -0.05) is 47.7 Å². The molecule has 0 saturated carbocycles. The molecule has 0 aliphatic carbocycles. The molecule has 0 unspecified atom stereocenters. The molecule has 3 N–H and O–H groups in total. The smallest absolute Gasteiger partial charge is 0.261 e. The third kappa shape index (κ3) is 3.10. The molecule has 0 aliphatic rings. The first kappa shape index (κ1) is 15.2. The van der Waals surface area contributed by atoms with Gasteiger partial charge in [0, 0.05) is 11.3 Å². The van der Waals surface area contributed by atoms with Crippen molar-refractivity contribution in [2.45, 2.75) is 13.8 Å². The van der Waals surface area contributed by atoms with Crippen molar-refractivity contribution < 1.29 is 4.79 Å². The van der Waals surface area contributed by atoms with Crippen LogP contribution in [0.25, 0.3) is 11.3 Å². The number of hydrogen-bond donors (Lipinski definition) is 2. The van der Waals surface area contributed by atoms with Gasteiger partial charge in [0.15, 0.2) is 5.13 Å². The van der Waals surface area contributed by atoms with E-state index in [0.29, 0.717) is 15.7 Å². The Morgan fingerprint density at radius 2 is 1.70 bits per heavy atom. The van der Waals surface area contributed by atoms with Crippen LogP contribution >= 0.6 is 11.3 Å². The maximum atomic E-state index is 11.8. The van der Waals surface area contributed by atoms with E-state index in [2.05, 4.69) is 10.3 Å². The van der Waals surface area contributed by atoms with Gasteiger partial charge >= 0.3 is 0 Å². The maximum Gasteiger partial charge on any atom is 0.261 e. The molecule has 0 atom stereocenters. The Morgan fingerprint density at radius 3 is 2.30 bits per heavy atom. The van der Waals surface area contributed by atoms with E-state index in [9.17, 15) is 4.79 Å². The number of carbonyl (C=O) groups is 1. The van der Waals surface area contributed by atoms with Crippen LogP contribution in [0.1, 0.15) is 20.8 Å². The molecule has 23 heavy (non-hydrogen) atoms. The lowest BCUT2D eigenvalue weighted by Crippen LogP contribution is -2.10. The molecular weight excluding hydrogens is 306 g/mol. The number of para-hydroxylation sites is 1. The lowest BCUT2D eigenvalue weighted by molar-refractivity contribution is 0.100. The summed E-state index contributed by atoms with van der Waals surface area (Å²) < 4.78 is 0. The SMILES string of the molecule is Cc1cccc(C)c1-c1nc(Nc2ccccc2)sc1C(N)=O. The van der Waals surface area contributed by atoms with E-state index in [-0.39, 0.29) is 0 Å². The third-order valence-electron chi connectivity index (χ3n) is 3.59. The first-order chi connectivity index (χ1) is 11.1. The Kier molecular flexibility index (Phi) is 4.12. The number of nitrogens with zero attached hydrogens (tertiary/aromatic N) is 1. The summed E-state index contributed by atoms with van der Waals surface area (Å²) in [5.41, 5.74) is 10.3. The monoisotopic (exact) mass is 323 g/mol. The van der Waals surface area contributed by atoms with Gasteiger partial charge in [-0.2, -0.15) is 0 Å². The predicted molar refractivity (Wildman–Crippen MR) is 95.3 cm³/mol. The van der Waals surface area contributed by atoms with Crippen molar-refractivity contribution in [3.63, 3.8) is 0 Å². The molecule has 0 fully saturated rings. The molecule has 0 aliphatic heterocycles. The number of aromatic nitrogens is 1. The highest BCUT2D eigenvalue weighted by molar-refractivity contribution is 7.18. The molecule has 1 amide bonds. The molecule has 0 saturated heterocycles. The molecule has 2 aromatic carbocycles. The first-order valence-corrected chi connectivity index (χ1v) is 8.07. The van der Waals surface area contributed by atoms with Crippen LogP contribution in [0.5, 0.6) is 0 Å². The summed E-state index contributed by atoms with van der Waals surface area (Å²) in [6.45, 7) is 4.02. The second-order valence-corrected chi connectivity index (χ2v) is 6.32. The van der Waals surface area contributed by atoms with Gasteiger partial charge in [0.2, 0.25) is 0 Å². The summed E-state index contributed by atoms with van der Waals surface area (Å²) in [7, 11) is 0. The minimum atomic E-state index is -0.457. The van der Waals surface area contributed by atoms with Gasteiger partial charge in [-0.25, -0.2) is 4.98 Å². The minimum absolute atomic E-state index is 0.457. The number of hydrogen-bond acceptors (Lipinski definition) is 4. The second kappa shape index (κ2) is 6.22. The van der Waals surface area contributed by atoms with Crippen molar-refractivity contribution >= 4 is 28.1 Å². The Morgan fingerprint density at radius 1 is 1.04 bits per heavy atom. The van der Waals surface area contributed by atoms with E-state index >= 15 is 0 Å². The Bertz CT molecular complexity index is 836. The van der Waals surface area contributed by atoms with Gasteiger partial charge in [-0.15, -0.1) is 0 Å². The van der Waals surface area contributed by atoms with E-state index in [1.807, 2.05) is 62.4 Å². The zero-order valence-corrected chi connectivity index (χ0v) is 13.8. The lowest BCUT2D eigenvalue weighted by Gasteiger charge is -2.08. The van der Waals surface area contributed by atoms with E-state index in [1.165, 1.54) is 11.3 Å². The highest BCUT2D eigenvalue weighted by Crippen LogP contribution is 2.35. The van der Waals surface area contributed by atoms with Crippen LogP contribution in [0.3, 0.4) is 0 Å². The molecule has 4 nitrogen and oxygen atoms in total. The number of carbonyl (C=O) groups excluding carboxylic acids is 1. The first-order valence-electron chi connectivity index (χ1n) is 7.25. The number of thiazole rings is 1. The van der Waals surface area contributed by atoms with Gasteiger partial charge in [0.1, 0.15) is 4.88 Å². The number of benzene rings is 2. The van der Waals surface area contributed by atoms with Crippen LogP contribution < -0.4 is 11.1 Å². The van der Waals surface area contributed by atoms with Gasteiger partial charge < -0.3 is 11.1 Å². The van der Waals surface area contributed by atoms with Crippen LogP contribution in [0, 0.1) is 13.8 Å². The fourth-order valence-corrected chi connectivity index (χ4v) is 3.39. The number of anilines is 2. The van der Waals surface area contributed by atoms with Crippen LogP contribution in [0.4, 0.5) is 10.8 Å². The van der Waals surface area contributed by atoms with Crippen LogP contribution in [-0.2, 0) is 0 Å². The van der Waals surface area contributed by atoms with Crippen molar-refractivity contribution in [3.8, 4) is 11.3 Å².